The summed E-state index contributed by atoms with van der Waals surface area (Å²) in [5.41, 5.74) is 2.17. The summed E-state index contributed by atoms with van der Waals surface area (Å²) < 4.78 is 47.4. The van der Waals surface area contributed by atoms with Gasteiger partial charge in [-0.2, -0.15) is 0 Å². The van der Waals surface area contributed by atoms with Gasteiger partial charge >= 0.3 is 7.82 Å². The standard InChI is InChI=1S/C43H46NO9P/c1-33(45)44-29-39-40(49-30-36-21-11-4-12-22-36)41(50-31-37-23-13-5-14-24-37)42(27-34-17-7-2-8-18-34,51-32-38-25-15-6-16-26-38)43(52-39,53-54(46,47)48)28-35-19-9-3-10-20-35/h2-26,39-41H,27-32H2,1H3,(H,44,45)(H2,46,47,48)/t39-,40-,41+,42-,43-/m1/s1. The van der Waals surface area contributed by atoms with E-state index in [2.05, 4.69) is 5.32 Å². The van der Waals surface area contributed by atoms with E-state index in [-0.39, 0.29) is 45.1 Å². The summed E-state index contributed by atoms with van der Waals surface area (Å²) in [7, 11) is -5.36. The molecule has 0 saturated carbocycles. The van der Waals surface area contributed by atoms with Gasteiger partial charge in [-0.15, -0.1) is 0 Å². The van der Waals surface area contributed by atoms with Crippen molar-refractivity contribution in [3.05, 3.63) is 179 Å². The number of amides is 1. The Balaban J connectivity index is 1.61. The van der Waals surface area contributed by atoms with Crippen molar-refractivity contribution in [2.75, 3.05) is 6.54 Å². The van der Waals surface area contributed by atoms with E-state index in [0.29, 0.717) is 5.56 Å². The summed E-state index contributed by atoms with van der Waals surface area (Å²) in [5.74, 6) is -2.54. The molecule has 0 aliphatic carbocycles. The zero-order valence-electron chi connectivity index (χ0n) is 30.1. The molecule has 5 aromatic carbocycles. The number of phosphoric ester groups is 1. The predicted octanol–water partition coefficient (Wildman–Crippen LogP) is 6.94. The van der Waals surface area contributed by atoms with Crippen molar-refractivity contribution in [2.24, 2.45) is 0 Å². The maximum Gasteiger partial charge on any atom is 0.472 e. The monoisotopic (exact) mass is 751 g/mol. The smallest absolute Gasteiger partial charge is 0.368 e. The first-order valence-electron chi connectivity index (χ1n) is 17.9. The Bertz CT molecular complexity index is 1930. The average Bonchev–Trinajstić information content (AvgIpc) is 3.17. The summed E-state index contributed by atoms with van der Waals surface area (Å²) in [5, 5.41) is 2.85. The molecule has 1 saturated heterocycles. The molecule has 1 amide bonds. The number of hydrogen-bond acceptors (Lipinski definition) is 7. The molecule has 282 valence electrons. The highest BCUT2D eigenvalue weighted by atomic mass is 31.2. The molecule has 0 bridgehead atoms. The van der Waals surface area contributed by atoms with Gasteiger partial charge in [-0.1, -0.05) is 152 Å². The van der Waals surface area contributed by atoms with Crippen LogP contribution in [0.2, 0.25) is 0 Å². The minimum atomic E-state index is -5.36. The molecule has 6 rings (SSSR count). The number of ether oxygens (including phenoxy) is 4. The zero-order valence-corrected chi connectivity index (χ0v) is 31.0. The van der Waals surface area contributed by atoms with Gasteiger partial charge in [0.25, 0.3) is 0 Å². The lowest BCUT2D eigenvalue weighted by atomic mass is 9.72. The highest BCUT2D eigenvalue weighted by molar-refractivity contribution is 7.46. The Labute approximate surface area is 316 Å². The van der Waals surface area contributed by atoms with Crippen molar-refractivity contribution in [3.8, 4) is 0 Å². The number of benzene rings is 5. The van der Waals surface area contributed by atoms with Crippen LogP contribution in [0.4, 0.5) is 0 Å². The van der Waals surface area contributed by atoms with E-state index in [9.17, 15) is 19.1 Å². The van der Waals surface area contributed by atoms with E-state index in [1.807, 2.05) is 152 Å². The van der Waals surface area contributed by atoms with Gasteiger partial charge in [0.1, 0.15) is 18.3 Å². The molecule has 10 nitrogen and oxygen atoms in total. The Morgan fingerprint density at radius 3 is 1.54 bits per heavy atom. The largest absolute Gasteiger partial charge is 0.472 e. The van der Waals surface area contributed by atoms with Gasteiger partial charge in [0.05, 0.1) is 19.8 Å². The molecule has 11 heteroatoms. The molecule has 1 aliphatic rings. The fraction of sp³-hybridized carbons (Fsp3) is 0.279. The van der Waals surface area contributed by atoms with Gasteiger partial charge in [-0.05, 0) is 27.8 Å². The molecule has 1 fully saturated rings. The maximum absolute atomic E-state index is 13.4. The Morgan fingerprint density at radius 2 is 1.07 bits per heavy atom. The molecule has 0 radical (unpaired) electrons. The van der Waals surface area contributed by atoms with Crippen LogP contribution in [0.3, 0.4) is 0 Å². The van der Waals surface area contributed by atoms with Crippen LogP contribution in [0.1, 0.15) is 34.7 Å². The van der Waals surface area contributed by atoms with Crippen LogP contribution in [0, 0.1) is 0 Å². The van der Waals surface area contributed by atoms with Gasteiger partial charge in [0.2, 0.25) is 11.7 Å². The lowest BCUT2D eigenvalue weighted by molar-refractivity contribution is -0.398. The van der Waals surface area contributed by atoms with E-state index in [1.54, 1.807) is 0 Å². The molecular formula is C43H46NO9P. The topological polar surface area (TPSA) is 133 Å². The van der Waals surface area contributed by atoms with Crippen molar-refractivity contribution in [2.45, 2.75) is 69.3 Å². The van der Waals surface area contributed by atoms with E-state index < -0.39 is 37.5 Å². The second-order valence-electron chi connectivity index (χ2n) is 13.4. The Morgan fingerprint density at radius 1 is 0.648 bits per heavy atom. The fourth-order valence-corrected chi connectivity index (χ4v) is 7.63. The van der Waals surface area contributed by atoms with Crippen LogP contribution in [0.25, 0.3) is 0 Å². The second kappa shape index (κ2) is 18.2. The van der Waals surface area contributed by atoms with Gasteiger partial charge < -0.3 is 34.1 Å². The van der Waals surface area contributed by atoms with Crippen molar-refractivity contribution < 1.29 is 42.6 Å². The minimum absolute atomic E-state index is 0.00502. The van der Waals surface area contributed by atoms with E-state index >= 15 is 0 Å². The number of carbonyl (C=O) groups is 1. The molecule has 0 aromatic heterocycles. The van der Waals surface area contributed by atoms with E-state index in [4.69, 9.17) is 23.5 Å². The third-order valence-electron chi connectivity index (χ3n) is 9.42. The molecule has 5 aromatic rings. The number of phosphoric acid groups is 1. The normalized spacial score (nSPS) is 22.8. The Kier molecular flexibility index (Phi) is 13.2. The highest BCUT2D eigenvalue weighted by Gasteiger charge is 2.69. The number of hydrogen-bond donors (Lipinski definition) is 3. The van der Waals surface area contributed by atoms with Crippen LogP contribution in [-0.2, 0) is 65.5 Å². The summed E-state index contributed by atoms with van der Waals surface area (Å²) in [6.07, 6.45) is -3.21. The Hall–Kier alpha value is -4.48. The third-order valence-corrected chi connectivity index (χ3v) is 9.95. The molecule has 54 heavy (non-hydrogen) atoms. The maximum atomic E-state index is 13.4. The quantitative estimate of drug-likeness (QED) is 0.0865. The highest BCUT2D eigenvalue weighted by Crippen LogP contribution is 2.55. The van der Waals surface area contributed by atoms with Crippen molar-refractivity contribution in [1.82, 2.24) is 5.32 Å². The first-order chi connectivity index (χ1) is 26.1. The molecule has 1 aliphatic heterocycles. The summed E-state index contributed by atoms with van der Waals surface area (Å²) in [6.45, 7) is 1.54. The SMILES string of the molecule is CC(=O)NC[C@H]1O[C@](Cc2ccccc2)(OP(=O)(O)O)[C@](Cc2ccccc2)(OCc2ccccc2)[C@@H](OCc2ccccc2)[C@@H]1OCc1ccccc1. The van der Waals surface area contributed by atoms with Gasteiger partial charge in [-0.3, -0.25) is 9.32 Å². The summed E-state index contributed by atoms with van der Waals surface area (Å²) in [6, 6.07) is 47.4. The lowest BCUT2D eigenvalue weighted by Gasteiger charge is -2.59. The minimum Gasteiger partial charge on any atom is -0.368 e. The van der Waals surface area contributed by atoms with Gasteiger partial charge in [0, 0.05) is 26.3 Å². The summed E-state index contributed by atoms with van der Waals surface area (Å²) in [4.78, 5) is 34.1. The zero-order chi connectivity index (χ0) is 37.9. The van der Waals surface area contributed by atoms with Crippen molar-refractivity contribution in [3.63, 3.8) is 0 Å². The summed E-state index contributed by atoms with van der Waals surface area (Å²) >= 11 is 0. The molecule has 0 unspecified atom stereocenters. The first-order valence-corrected chi connectivity index (χ1v) is 19.4. The van der Waals surface area contributed by atoms with E-state index in [0.717, 1.165) is 22.3 Å². The van der Waals surface area contributed by atoms with Gasteiger partial charge in [0.15, 0.2) is 5.60 Å². The molecular weight excluding hydrogens is 705 g/mol. The lowest BCUT2D eigenvalue weighted by Crippen LogP contribution is -2.77. The fourth-order valence-electron chi connectivity index (χ4n) is 6.98. The molecule has 5 atom stereocenters. The van der Waals surface area contributed by atoms with Crippen LogP contribution in [-0.4, -0.2) is 51.9 Å². The van der Waals surface area contributed by atoms with Crippen LogP contribution in [0.15, 0.2) is 152 Å². The average molecular weight is 752 g/mol. The van der Waals surface area contributed by atoms with Crippen molar-refractivity contribution >= 4 is 13.7 Å². The number of rotatable bonds is 17. The molecule has 1 heterocycles. The molecule has 3 N–H and O–H groups in total. The second-order valence-corrected chi connectivity index (χ2v) is 14.6. The van der Waals surface area contributed by atoms with Gasteiger partial charge in [-0.25, -0.2) is 4.57 Å². The van der Waals surface area contributed by atoms with E-state index in [1.165, 1.54) is 6.92 Å². The molecule has 0 spiro atoms. The van der Waals surface area contributed by atoms with Crippen molar-refractivity contribution in [1.29, 1.82) is 0 Å². The number of nitrogens with one attached hydrogen (secondary N) is 1. The first kappa shape index (κ1) is 39.2. The van der Waals surface area contributed by atoms with Crippen LogP contribution in [0.5, 0.6) is 0 Å². The predicted molar refractivity (Wildman–Crippen MR) is 204 cm³/mol. The number of carbonyl (C=O) groups excluding carboxylic acids is 1. The van der Waals surface area contributed by atoms with Crippen LogP contribution >= 0.6 is 7.82 Å². The third kappa shape index (κ3) is 10.2. The van der Waals surface area contributed by atoms with Crippen LogP contribution < -0.4 is 5.32 Å².